The van der Waals surface area contributed by atoms with Gasteiger partial charge in [-0.2, -0.15) is 13.7 Å². The van der Waals surface area contributed by atoms with E-state index in [4.69, 9.17) is 27.1 Å². The SMILES string of the molecule is N#Cc1cc(Cl)c(N)cc1S(=O)(=O)O. The maximum absolute atomic E-state index is 10.8. The van der Waals surface area contributed by atoms with Gasteiger partial charge in [0.2, 0.25) is 0 Å². The van der Waals surface area contributed by atoms with Gasteiger partial charge in [0.1, 0.15) is 11.0 Å². The number of nitrogen functional groups attached to an aromatic ring is 1. The Kier molecular flexibility index (Phi) is 2.66. The molecular weight excluding hydrogens is 228 g/mol. The van der Waals surface area contributed by atoms with Crippen molar-refractivity contribution in [3.8, 4) is 6.07 Å². The monoisotopic (exact) mass is 232 g/mol. The van der Waals surface area contributed by atoms with Crippen LogP contribution < -0.4 is 5.73 Å². The Morgan fingerprint density at radius 2 is 2.07 bits per heavy atom. The predicted molar refractivity (Wildman–Crippen MR) is 50.4 cm³/mol. The van der Waals surface area contributed by atoms with E-state index in [1.165, 1.54) is 0 Å². The standard InChI is InChI=1S/C7H5ClN2O3S/c8-5-1-4(3-9)7(2-6(5)10)14(11,12)13/h1-2H,10H2,(H,11,12,13). The molecule has 1 aromatic carbocycles. The van der Waals surface area contributed by atoms with Gasteiger partial charge in [-0.15, -0.1) is 0 Å². The van der Waals surface area contributed by atoms with Crippen molar-refractivity contribution in [2.75, 3.05) is 5.73 Å². The van der Waals surface area contributed by atoms with Crippen molar-refractivity contribution in [1.29, 1.82) is 5.26 Å². The van der Waals surface area contributed by atoms with E-state index in [0.717, 1.165) is 12.1 Å². The first-order valence-electron chi connectivity index (χ1n) is 3.33. The van der Waals surface area contributed by atoms with Gasteiger partial charge >= 0.3 is 0 Å². The molecule has 0 heterocycles. The molecule has 0 spiro atoms. The lowest BCUT2D eigenvalue weighted by Gasteiger charge is -2.03. The molecule has 1 rings (SSSR count). The summed E-state index contributed by atoms with van der Waals surface area (Å²) in [6.07, 6.45) is 0. The number of benzene rings is 1. The van der Waals surface area contributed by atoms with Crippen LogP contribution in [0.2, 0.25) is 5.02 Å². The molecule has 7 heteroatoms. The summed E-state index contributed by atoms with van der Waals surface area (Å²) in [5.41, 5.74) is 5.06. The second kappa shape index (κ2) is 3.46. The van der Waals surface area contributed by atoms with Gasteiger partial charge in [-0.05, 0) is 12.1 Å². The quantitative estimate of drug-likeness (QED) is 0.556. The number of nitrogens with two attached hydrogens (primary N) is 1. The molecule has 0 atom stereocenters. The van der Waals surface area contributed by atoms with E-state index in [-0.39, 0.29) is 16.3 Å². The minimum atomic E-state index is -4.45. The smallest absolute Gasteiger partial charge is 0.295 e. The molecular formula is C7H5ClN2O3S. The molecule has 5 nitrogen and oxygen atoms in total. The average molecular weight is 233 g/mol. The van der Waals surface area contributed by atoms with Gasteiger partial charge in [0.05, 0.1) is 16.3 Å². The Labute approximate surface area is 85.5 Å². The second-order valence-electron chi connectivity index (χ2n) is 2.46. The van der Waals surface area contributed by atoms with Crippen LogP contribution in [0.4, 0.5) is 5.69 Å². The third-order valence-electron chi connectivity index (χ3n) is 1.50. The molecule has 0 bridgehead atoms. The summed E-state index contributed by atoms with van der Waals surface area (Å²) in [6.45, 7) is 0. The van der Waals surface area contributed by atoms with Crippen LogP contribution in [0.25, 0.3) is 0 Å². The molecule has 0 aliphatic heterocycles. The Morgan fingerprint density at radius 1 is 1.50 bits per heavy atom. The van der Waals surface area contributed by atoms with Gasteiger partial charge in [0.15, 0.2) is 0 Å². The lowest BCUT2D eigenvalue weighted by molar-refractivity contribution is 0.483. The van der Waals surface area contributed by atoms with Crippen molar-refractivity contribution in [3.63, 3.8) is 0 Å². The van der Waals surface area contributed by atoms with Crippen LogP contribution in [0.5, 0.6) is 0 Å². The van der Waals surface area contributed by atoms with Crippen LogP contribution >= 0.6 is 11.6 Å². The zero-order valence-corrected chi connectivity index (χ0v) is 8.30. The van der Waals surface area contributed by atoms with Crippen molar-refractivity contribution >= 4 is 27.4 Å². The lowest BCUT2D eigenvalue weighted by Crippen LogP contribution is -2.03. The highest BCUT2D eigenvalue weighted by Crippen LogP contribution is 2.25. The minimum absolute atomic E-state index is 0.0155. The van der Waals surface area contributed by atoms with Crippen LogP contribution in [-0.2, 0) is 10.1 Å². The molecule has 0 aliphatic carbocycles. The van der Waals surface area contributed by atoms with Gasteiger partial charge in [-0.1, -0.05) is 11.6 Å². The fourth-order valence-corrected chi connectivity index (χ4v) is 1.69. The molecule has 0 aliphatic rings. The van der Waals surface area contributed by atoms with Crippen molar-refractivity contribution in [1.82, 2.24) is 0 Å². The summed E-state index contributed by atoms with van der Waals surface area (Å²) >= 11 is 5.56. The van der Waals surface area contributed by atoms with Crippen molar-refractivity contribution in [2.24, 2.45) is 0 Å². The van der Waals surface area contributed by atoms with Crippen LogP contribution in [0.1, 0.15) is 5.56 Å². The first-order valence-corrected chi connectivity index (χ1v) is 5.14. The zero-order valence-electron chi connectivity index (χ0n) is 6.73. The molecule has 0 fully saturated rings. The zero-order chi connectivity index (χ0) is 10.9. The van der Waals surface area contributed by atoms with E-state index >= 15 is 0 Å². The minimum Gasteiger partial charge on any atom is -0.397 e. The number of halogens is 1. The highest BCUT2D eigenvalue weighted by molar-refractivity contribution is 7.85. The van der Waals surface area contributed by atoms with Crippen molar-refractivity contribution < 1.29 is 13.0 Å². The fraction of sp³-hybridized carbons (Fsp3) is 0. The first kappa shape index (κ1) is 10.8. The molecule has 0 saturated carbocycles. The van der Waals surface area contributed by atoms with Crippen LogP contribution in [0.15, 0.2) is 17.0 Å². The van der Waals surface area contributed by atoms with Crippen LogP contribution in [-0.4, -0.2) is 13.0 Å². The van der Waals surface area contributed by atoms with Gasteiger partial charge in [0, 0.05) is 0 Å². The largest absolute Gasteiger partial charge is 0.397 e. The predicted octanol–water partition coefficient (Wildman–Crippen LogP) is 1.04. The third kappa shape index (κ3) is 1.96. The number of rotatable bonds is 1. The highest BCUT2D eigenvalue weighted by atomic mass is 35.5. The Balaban J connectivity index is 3.61. The van der Waals surface area contributed by atoms with E-state index < -0.39 is 15.0 Å². The summed E-state index contributed by atoms with van der Waals surface area (Å²) < 4.78 is 30.3. The van der Waals surface area contributed by atoms with E-state index in [9.17, 15) is 8.42 Å². The van der Waals surface area contributed by atoms with Crippen molar-refractivity contribution in [2.45, 2.75) is 4.90 Å². The summed E-state index contributed by atoms with van der Waals surface area (Å²) in [5.74, 6) is 0. The topological polar surface area (TPSA) is 104 Å². The normalized spacial score (nSPS) is 10.9. The summed E-state index contributed by atoms with van der Waals surface area (Å²) in [5, 5.41) is 8.64. The molecule has 0 amide bonds. The Hall–Kier alpha value is -1.29. The van der Waals surface area contributed by atoms with E-state index in [2.05, 4.69) is 0 Å². The summed E-state index contributed by atoms with van der Waals surface area (Å²) in [6, 6.07) is 3.62. The number of hydrogen-bond donors (Lipinski definition) is 2. The second-order valence-corrected chi connectivity index (χ2v) is 4.25. The van der Waals surface area contributed by atoms with E-state index in [1.54, 1.807) is 6.07 Å². The summed E-state index contributed by atoms with van der Waals surface area (Å²) in [7, 11) is -4.45. The molecule has 14 heavy (non-hydrogen) atoms. The van der Waals surface area contributed by atoms with Crippen LogP contribution in [0.3, 0.4) is 0 Å². The number of hydrogen-bond acceptors (Lipinski definition) is 4. The van der Waals surface area contributed by atoms with Gasteiger partial charge in [-0.3, -0.25) is 4.55 Å². The molecule has 0 saturated heterocycles. The molecule has 0 radical (unpaired) electrons. The van der Waals surface area contributed by atoms with Gasteiger partial charge in [0.25, 0.3) is 10.1 Å². The number of nitriles is 1. The van der Waals surface area contributed by atoms with Crippen molar-refractivity contribution in [3.05, 3.63) is 22.7 Å². The molecule has 1 aromatic rings. The Morgan fingerprint density at radius 3 is 2.50 bits per heavy atom. The highest BCUT2D eigenvalue weighted by Gasteiger charge is 2.17. The fourth-order valence-electron chi connectivity index (χ4n) is 0.870. The summed E-state index contributed by atoms with van der Waals surface area (Å²) in [4.78, 5) is -0.540. The molecule has 0 aromatic heterocycles. The third-order valence-corrected chi connectivity index (χ3v) is 2.72. The average Bonchev–Trinajstić information content (AvgIpc) is 2.07. The van der Waals surface area contributed by atoms with E-state index in [1.807, 2.05) is 0 Å². The number of nitrogens with zero attached hydrogens (tertiary/aromatic N) is 1. The van der Waals surface area contributed by atoms with Crippen LogP contribution in [0, 0.1) is 11.3 Å². The molecule has 3 N–H and O–H groups in total. The Bertz CT molecular complexity index is 518. The van der Waals surface area contributed by atoms with Gasteiger partial charge in [-0.25, -0.2) is 0 Å². The maximum atomic E-state index is 10.8. The maximum Gasteiger partial charge on any atom is 0.295 e. The number of anilines is 1. The lowest BCUT2D eigenvalue weighted by atomic mass is 10.2. The van der Waals surface area contributed by atoms with Gasteiger partial charge < -0.3 is 5.73 Å². The van der Waals surface area contributed by atoms with E-state index in [0.29, 0.717) is 0 Å². The molecule has 0 unspecified atom stereocenters. The first-order chi connectivity index (χ1) is 6.36. The molecule has 74 valence electrons.